The van der Waals surface area contributed by atoms with E-state index in [1.165, 1.54) is 12.8 Å². The molecule has 1 saturated carbocycles. The first-order valence-corrected chi connectivity index (χ1v) is 5.13. The maximum atomic E-state index is 9.18. The quantitative estimate of drug-likeness (QED) is 0.670. The Labute approximate surface area is 80.9 Å². The van der Waals surface area contributed by atoms with Crippen LogP contribution >= 0.6 is 0 Å². The molecule has 2 atom stereocenters. The van der Waals surface area contributed by atoms with E-state index < -0.39 is 0 Å². The highest BCUT2D eigenvalue weighted by Crippen LogP contribution is 2.41. The van der Waals surface area contributed by atoms with E-state index in [-0.39, 0.29) is 5.41 Å². The lowest BCUT2D eigenvalue weighted by molar-refractivity contribution is 0.122. The van der Waals surface area contributed by atoms with Gasteiger partial charge in [-0.2, -0.15) is 5.26 Å². The summed E-state index contributed by atoms with van der Waals surface area (Å²) in [5.74, 6) is 0.713. The van der Waals surface area contributed by atoms with Crippen LogP contribution in [-0.2, 0) is 4.74 Å². The van der Waals surface area contributed by atoms with E-state index in [2.05, 4.69) is 13.0 Å². The molecule has 0 aromatic carbocycles. The van der Waals surface area contributed by atoms with E-state index in [4.69, 9.17) is 4.74 Å². The molecule has 2 nitrogen and oxygen atoms in total. The first-order chi connectivity index (χ1) is 6.22. The lowest BCUT2D eigenvalue weighted by Gasteiger charge is -2.34. The molecule has 2 heteroatoms. The lowest BCUT2D eigenvalue weighted by atomic mass is 9.69. The minimum absolute atomic E-state index is 0.0757. The fourth-order valence-corrected chi connectivity index (χ4v) is 2.34. The van der Waals surface area contributed by atoms with Crippen molar-refractivity contribution in [2.24, 2.45) is 11.3 Å². The number of hydrogen-bond donors (Lipinski definition) is 0. The minimum atomic E-state index is -0.0757. The number of methoxy groups -OCH3 is 1. The molecule has 0 radical (unpaired) electrons. The predicted octanol–water partition coefficient (Wildman–Crippen LogP) is 2.74. The Bertz CT molecular complexity index is 197. The maximum Gasteiger partial charge on any atom is 0.0690 e. The lowest BCUT2D eigenvalue weighted by Crippen LogP contribution is -2.27. The van der Waals surface area contributed by atoms with Crippen LogP contribution < -0.4 is 0 Å². The fourth-order valence-electron chi connectivity index (χ4n) is 2.34. The van der Waals surface area contributed by atoms with Gasteiger partial charge in [0, 0.05) is 13.7 Å². The number of hydrogen-bond acceptors (Lipinski definition) is 2. The van der Waals surface area contributed by atoms with E-state index in [0.717, 1.165) is 25.9 Å². The highest BCUT2D eigenvalue weighted by atomic mass is 16.5. The van der Waals surface area contributed by atoms with Crippen LogP contribution in [0.1, 0.15) is 39.0 Å². The zero-order chi connectivity index (χ0) is 9.73. The fraction of sp³-hybridized carbons (Fsp3) is 0.909. The van der Waals surface area contributed by atoms with Crippen molar-refractivity contribution in [3.63, 3.8) is 0 Å². The zero-order valence-corrected chi connectivity index (χ0v) is 8.68. The second-order valence-electron chi connectivity index (χ2n) is 4.34. The summed E-state index contributed by atoms with van der Waals surface area (Å²) in [6.45, 7) is 2.97. The van der Waals surface area contributed by atoms with Gasteiger partial charge in [-0.1, -0.05) is 19.8 Å². The first-order valence-electron chi connectivity index (χ1n) is 5.13. The molecule has 74 valence electrons. The smallest absolute Gasteiger partial charge is 0.0690 e. The second kappa shape index (κ2) is 4.62. The highest BCUT2D eigenvalue weighted by molar-refractivity contribution is 5.01. The van der Waals surface area contributed by atoms with Gasteiger partial charge in [0.2, 0.25) is 0 Å². The van der Waals surface area contributed by atoms with Gasteiger partial charge in [-0.3, -0.25) is 0 Å². The molecule has 2 unspecified atom stereocenters. The third kappa shape index (κ3) is 2.70. The van der Waals surface area contributed by atoms with Gasteiger partial charge in [-0.15, -0.1) is 0 Å². The Morgan fingerprint density at radius 3 is 2.92 bits per heavy atom. The molecule has 1 rings (SSSR count). The molecule has 13 heavy (non-hydrogen) atoms. The second-order valence-corrected chi connectivity index (χ2v) is 4.34. The molecule has 0 heterocycles. The van der Waals surface area contributed by atoms with Crippen molar-refractivity contribution < 1.29 is 4.74 Å². The summed E-state index contributed by atoms with van der Waals surface area (Å²) < 4.78 is 5.06. The number of nitriles is 1. The van der Waals surface area contributed by atoms with Crippen LogP contribution in [0.15, 0.2) is 0 Å². The number of nitrogens with zero attached hydrogens (tertiary/aromatic N) is 1. The van der Waals surface area contributed by atoms with Crippen LogP contribution in [0, 0.1) is 22.7 Å². The monoisotopic (exact) mass is 181 g/mol. The number of ether oxygens (including phenoxy) is 1. The zero-order valence-electron chi connectivity index (χ0n) is 8.68. The summed E-state index contributed by atoms with van der Waals surface area (Å²) in [6.07, 6.45) is 5.53. The molecule has 0 aliphatic heterocycles. The van der Waals surface area contributed by atoms with Gasteiger partial charge in [0.15, 0.2) is 0 Å². The third-order valence-corrected chi connectivity index (χ3v) is 3.11. The molecular weight excluding hydrogens is 162 g/mol. The van der Waals surface area contributed by atoms with E-state index in [1.54, 1.807) is 7.11 Å². The van der Waals surface area contributed by atoms with E-state index in [9.17, 15) is 5.26 Å². The maximum absolute atomic E-state index is 9.18. The minimum Gasteiger partial charge on any atom is -0.385 e. The largest absolute Gasteiger partial charge is 0.385 e. The van der Waals surface area contributed by atoms with E-state index in [0.29, 0.717) is 5.92 Å². The van der Waals surface area contributed by atoms with Crippen molar-refractivity contribution >= 4 is 0 Å². The van der Waals surface area contributed by atoms with Gasteiger partial charge in [0.25, 0.3) is 0 Å². The van der Waals surface area contributed by atoms with Crippen LogP contribution in [-0.4, -0.2) is 13.7 Å². The summed E-state index contributed by atoms with van der Waals surface area (Å²) in [5.41, 5.74) is -0.0757. The standard InChI is InChI=1S/C11H19NO/c1-10-4-3-5-11(8-10,9-12)6-7-13-2/h10H,3-8H2,1-2H3. The van der Waals surface area contributed by atoms with Gasteiger partial charge in [0.1, 0.15) is 0 Å². The summed E-state index contributed by atoms with van der Waals surface area (Å²) >= 11 is 0. The molecule has 0 bridgehead atoms. The van der Waals surface area contributed by atoms with Crippen molar-refractivity contribution in [1.82, 2.24) is 0 Å². The Morgan fingerprint density at radius 1 is 1.62 bits per heavy atom. The van der Waals surface area contributed by atoms with E-state index >= 15 is 0 Å². The van der Waals surface area contributed by atoms with Crippen molar-refractivity contribution in [1.29, 1.82) is 5.26 Å². The van der Waals surface area contributed by atoms with Crippen molar-refractivity contribution in [2.45, 2.75) is 39.0 Å². The van der Waals surface area contributed by atoms with Crippen LogP contribution in [0.4, 0.5) is 0 Å². The molecule has 0 amide bonds. The summed E-state index contributed by atoms with van der Waals surface area (Å²) in [6, 6.07) is 2.50. The molecule has 1 aliphatic rings. The molecule has 0 spiro atoms. The van der Waals surface area contributed by atoms with Gasteiger partial charge in [-0.25, -0.2) is 0 Å². The summed E-state index contributed by atoms with van der Waals surface area (Å²) in [4.78, 5) is 0. The number of rotatable bonds is 3. The van der Waals surface area contributed by atoms with Crippen molar-refractivity contribution in [3.05, 3.63) is 0 Å². The Morgan fingerprint density at radius 2 is 2.38 bits per heavy atom. The van der Waals surface area contributed by atoms with Gasteiger partial charge in [0.05, 0.1) is 11.5 Å². The van der Waals surface area contributed by atoms with Crippen molar-refractivity contribution in [2.75, 3.05) is 13.7 Å². The summed E-state index contributed by atoms with van der Waals surface area (Å²) in [5, 5.41) is 9.18. The van der Waals surface area contributed by atoms with Gasteiger partial charge >= 0.3 is 0 Å². The van der Waals surface area contributed by atoms with Crippen LogP contribution in [0.3, 0.4) is 0 Å². The van der Waals surface area contributed by atoms with Crippen LogP contribution in [0.25, 0.3) is 0 Å². The molecular formula is C11H19NO. The summed E-state index contributed by atoms with van der Waals surface area (Å²) in [7, 11) is 1.71. The molecule has 1 aliphatic carbocycles. The molecule has 0 aromatic rings. The van der Waals surface area contributed by atoms with Gasteiger partial charge < -0.3 is 4.74 Å². The average molecular weight is 181 g/mol. The topological polar surface area (TPSA) is 33.0 Å². The van der Waals surface area contributed by atoms with E-state index in [1.807, 2.05) is 0 Å². The van der Waals surface area contributed by atoms with Gasteiger partial charge in [-0.05, 0) is 25.2 Å². The Kier molecular flexibility index (Phi) is 3.74. The first kappa shape index (κ1) is 10.5. The van der Waals surface area contributed by atoms with Crippen LogP contribution in [0.2, 0.25) is 0 Å². The Hall–Kier alpha value is -0.550. The SMILES string of the molecule is COCCC1(C#N)CCCC(C)C1. The molecule has 0 N–H and O–H groups in total. The molecule has 1 fully saturated rings. The third-order valence-electron chi connectivity index (χ3n) is 3.11. The Balaban J connectivity index is 2.53. The average Bonchev–Trinajstić information content (AvgIpc) is 2.15. The van der Waals surface area contributed by atoms with Crippen LogP contribution in [0.5, 0.6) is 0 Å². The van der Waals surface area contributed by atoms with Crippen molar-refractivity contribution in [3.8, 4) is 6.07 Å². The normalized spacial score (nSPS) is 34.1. The highest BCUT2D eigenvalue weighted by Gasteiger charge is 2.34. The molecule has 0 aromatic heterocycles. The predicted molar refractivity (Wildman–Crippen MR) is 52.2 cm³/mol. The molecule has 0 saturated heterocycles.